The average Bonchev–Trinajstić information content (AvgIpc) is 3.74. The maximum Gasteiger partial charge on any atom is 0.248 e. The second kappa shape index (κ2) is 12.6. The molecule has 7 nitrogen and oxygen atoms in total. The molecule has 3 heterocycles. The molecule has 0 spiro atoms. The summed E-state index contributed by atoms with van der Waals surface area (Å²) in [5, 5.41) is 3.16. The lowest BCUT2D eigenvalue weighted by molar-refractivity contribution is -0.124. The molecule has 1 saturated heterocycles. The van der Waals surface area contributed by atoms with Gasteiger partial charge in [-0.1, -0.05) is 54.3 Å². The highest BCUT2D eigenvalue weighted by Crippen LogP contribution is 2.48. The van der Waals surface area contributed by atoms with E-state index in [4.69, 9.17) is 5.73 Å². The van der Waals surface area contributed by atoms with Crippen molar-refractivity contribution in [3.05, 3.63) is 124 Å². The molecule has 6 rings (SSSR count). The highest BCUT2D eigenvalue weighted by molar-refractivity contribution is 8.01. The molecular weight excluding hydrogens is 577 g/mol. The van der Waals surface area contributed by atoms with E-state index in [1.807, 2.05) is 66.9 Å². The number of amides is 3. The molecule has 1 fully saturated rings. The summed E-state index contributed by atoms with van der Waals surface area (Å²) in [6, 6.07) is 28.5. The number of thioether (sulfide) groups is 1. The van der Waals surface area contributed by atoms with Crippen LogP contribution < -0.4 is 16.0 Å². The van der Waals surface area contributed by atoms with Gasteiger partial charge < -0.3 is 16.0 Å². The summed E-state index contributed by atoms with van der Waals surface area (Å²) in [5.41, 5.74) is 9.52. The normalized spacial score (nSPS) is 16.2. The molecule has 3 aromatic carbocycles. The molecule has 1 aliphatic rings. The van der Waals surface area contributed by atoms with Crippen molar-refractivity contribution in [3.8, 4) is 11.8 Å². The lowest BCUT2D eigenvalue weighted by Crippen LogP contribution is -2.34. The highest BCUT2D eigenvalue weighted by atomic mass is 32.2. The van der Waals surface area contributed by atoms with Crippen molar-refractivity contribution >= 4 is 57.4 Å². The Balaban J connectivity index is 1.19. The van der Waals surface area contributed by atoms with Gasteiger partial charge in [-0.2, -0.15) is 0 Å². The van der Waals surface area contributed by atoms with E-state index in [0.717, 1.165) is 31.8 Å². The molecule has 43 heavy (non-hydrogen) atoms. The molecule has 2 atom stereocenters. The number of benzene rings is 3. The fourth-order valence-corrected chi connectivity index (χ4v) is 7.56. The van der Waals surface area contributed by atoms with E-state index in [9.17, 15) is 14.4 Å². The Morgan fingerprint density at radius 2 is 1.77 bits per heavy atom. The van der Waals surface area contributed by atoms with Crippen LogP contribution in [0.4, 0.5) is 5.69 Å². The smallest absolute Gasteiger partial charge is 0.248 e. The van der Waals surface area contributed by atoms with Crippen molar-refractivity contribution in [2.75, 3.05) is 11.4 Å². The number of carbonyl (C=O) groups excluding carboxylic acids is 3. The molecule has 3 amide bonds. The van der Waals surface area contributed by atoms with Crippen molar-refractivity contribution < 1.29 is 14.4 Å². The predicted molar refractivity (Wildman–Crippen MR) is 173 cm³/mol. The number of aromatic nitrogens is 1. The summed E-state index contributed by atoms with van der Waals surface area (Å²) in [5.74, 6) is 5.45. The van der Waals surface area contributed by atoms with Gasteiger partial charge in [0.1, 0.15) is 5.37 Å². The quantitative estimate of drug-likeness (QED) is 0.200. The first kappa shape index (κ1) is 28.3. The summed E-state index contributed by atoms with van der Waals surface area (Å²) < 4.78 is 0. The number of H-pyrrole nitrogens is 1. The number of fused-ring (bicyclic) bond motifs is 1. The second-order valence-corrected chi connectivity index (χ2v) is 12.5. The average molecular weight is 605 g/mol. The van der Waals surface area contributed by atoms with E-state index in [0.29, 0.717) is 24.2 Å². The van der Waals surface area contributed by atoms with Gasteiger partial charge in [-0.15, -0.1) is 23.1 Å². The van der Waals surface area contributed by atoms with E-state index in [-0.39, 0.29) is 23.6 Å². The zero-order chi connectivity index (χ0) is 29.8. The van der Waals surface area contributed by atoms with Crippen molar-refractivity contribution in [3.63, 3.8) is 0 Å². The Bertz CT molecular complexity index is 1870. The zero-order valence-electron chi connectivity index (χ0n) is 23.1. The Labute approximate surface area is 257 Å². The van der Waals surface area contributed by atoms with Crippen LogP contribution in [-0.2, 0) is 16.0 Å². The first-order valence-corrected chi connectivity index (χ1v) is 15.6. The van der Waals surface area contributed by atoms with Crippen LogP contribution in [0.25, 0.3) is 10.9 Å². The summed E-state index contributed by atoms with van der Waals surface area (Å²) in [7, 11) is 0. The van der Waals surface area contributed by atoms with Crippen LogP contribution in [0.3, 0.4) is 0 Å². The molecule has 0 saturated carbocycles. The molecule has 0 radical (unpaired) electrons. The van der Waals surface area contributed by atoms with Crippen LogP contribution in [0.1, 0.15) is 43.0 Å². The maximum absolute atomic E-state index is 13.8. The molecule has 4 N–H and O–H groups in total. The lowest BCUT2D eigenvalue weighted by atomic mass is 10.1. The van der Waals surface area contributed by atoms with Gasteiger partial charge in [0.15, 0.2) is 0 Å². The summed E-state index contributed by atoms with van der Waals surface area (Å²) >= 11 is 2.95. The number of nitrogens with one attached hydrogen (secondary N) is 2. The van der Waals surface area contributed by atoms with E-state index in [1.54, 1.807) is 29.2 Å². The number of carbonyl (C=O) groups is 3. The standard InChI is InChI=1S/C34H28N4O3S2/c35-32(40)23-9-6-10-25(19-23)38-33(41)30(20-31(39)36-18-17-24-21-37-28-12-5-4-11-27(24)28)43-34(38)29-16-15-26(42-29)14-13-22-7-2-1-3-8-22/h1-12,15-16,19,21,30,34,37H,17-18,20H2,(H2,35,40)(H,36,39)/t30-,34+/m1/s1. The van der Waals surface area contributed by atoms with Gasteiger partial charge in [0.05, 0.1) is 10.1 Å². The van der Waals surface area contributed by atoms with Crippen LogP contribution in [0, 0.1) is 11.8 Å². The van der Waals surface area contributed by atoms with E-state index in [1.165, 1.54) is 23.1 Å². The number of thiophene rings is 1. The van der Waals surface area contributed by atoms with Gasteiger partial charge in [0.2, 0.25) is 17.7 Å². The maximum atomic E-state index is 13.8. The number of nitrogens with two attached hydrogens (primary N) is 1. The number of rotatable bonds is 8. The molecule has 214 valence electrons. The molecular formula is C34H28N4O3S2. The van der Waals surface area contributed by atoms with E-state index in [2.05, 4.69) is 28.2 Å². The summed E-state index contributed by atoms with van der Waals surface area (Å²) in [4.78, 5) is 45.5. The molecule has 0 bridgehead atoms. The van der Waals surface area contributed by atoms with Crippen molar-refractivity contribution in [2.45, 2.75) is 23.5 Å². The molecule has 5 aromatic rings. The minimum absolute atomic E-state index is 0.0476. The number of nitrogens with zero attached hydrogens (tertiary/aromatic N) is 1. The molecule has 0 unspecified atom stereocenters. The summed E-state index contributed by atoms with van der Waals surface area (Å²) in [6.45, 7) is 0.467. The molecule has 1 aliphatic heterocycles. The van der Waals surface area contributed by atoms with Crippen LogP contribution in [0.5, 0.6) is 0 Å². The highest BCUT2D eigenvalue weighted by Gasteiger charge is 2.43. The fraction of sp³-hybridized carbons (Fsp3) is 0.147. The van der Waals surface area contributed by atoms with Crippen molar-refractivity contribution in [1.29, 1.82) is 0 Å². The lowest BCUT2D eigenvalue weighted by Gasteiger charge is -2.23. The number of primary amides is 1. The Kier molecular flexibility index (Phi) is 8.31. The first-order valence-electron chi connectivity index (χ1n) is 13.8. The van der Waals surface area contributed by atoms with Gasteiger partial charge in [-0.3, -0.25) is 19.3 Å². The predicted octanol–water partition coefficient (Wildman–Crippen LogP) is 5.62. The van der Waals surface area contributed by atoms with E-state index < -0.39 is 11.2 Å². The molecule has 0 aliphatic carbocycles. The van der Waals surface area contributed by atoms with Gasteiger partial charge in [-0.05, 0) is 60.5 Å². The fourth-order valence-electron chi connectivity index (χ4n) is 5.07. The van der Waals surface area contributed by atoms with Gasteiger partial charge in [0, 0.05) is 51.8 Å². The summed E-state index contributed by atoms with van der Waals surface area (Å²) in [6.07, 6.45) is 2.69. The van der Waals surface area contributed by atoms with Crippen molar-refractivity contribution in [2.24, 2.45) is 5.73 Å². The number of para-hydroxylation sites is 1. The Hall–Kier alpha value is -4.78. The van der Waals surface area contributed by atoms with Crippen LogP contribution in [0.15, 0.2) is 97.2 Å². The largest absolute Gasteiger partial charge is 0.366 e. The number of anilines is 1. The van der Waals surface area contributed by atoms with Crippen LogP contribution in [0.2, 0.25) is 0 Å². The first-order chi connectivity index (χ1) is 21.0. The van der Waals surface area contributed by atoms with Gasteiger partial charge in [-0.25, -0.2) is 0 Å². The third kappa shape index (κ3) is 6.36. The second-order valence-electron chi connectivity index (χ2n) is 10.1. The topological polar surface area (TPSA) is 108 Å². The molecule has 2 aromatic heterocycles. The Morgan fingerprint density at radius 3 is 2.60 bits per heavy atom. The monoisotopic (exact) mass is 604 g/mol. The zero-order valence-corrected chi connectivity index (χ0v) is 24.7. The van der Waals surface area contributed by atoms with Gasteiger partial charge in [0.25, 0.3) is 0 Å². The third-order valence-corrected chi connectivity index (χ3v) is 9.81. The number of hydrogen-bond acceptors (Lipinski definition) is 5. The number of aromatic amines is 1. The van der Waals surface area contributed by atoms with Crippen molar-refractivity contribution in [1.82, 2.24) is 10.3 Å². The Morgan fingerprint density at radius 1 is 0.953 bits per heavy atom. The van der Waals surface area contributed by atoms with E-state index >= 15 is 0 Å². The van der Waals surface area contributed by atoms with Crippen LogP contribution in [-0.4, -0.2) is 34.5 Å². The molecule has 9 heteroatoms. The minimum atomic E-state index is -0.587. The third-order valence-electron chi connectivity index (χ3n) is 7.19. The SMILES string of the molecule is NC(=O)c1cccc(N2C(=O)[C@@H](CC(=O)NCCc3c[nH]c4ccccc34)S[C@H]2c2ccc(C#Cc3ccccc3)s2)c1. The number of hydrogen-bond donors (Lipinski definition) is 3. The van der Waals surface area contributed by atoms with Gasteiger partial charge >= 0.3 is 0 Å². The minimum Gasteiger partial charge on any atom is -0.366 e. The van der Waals surface area contributed by atoms with Crippen LogP contribution >= 0.6 is 23.1 Å².